The van der Waals surface area contributed by atoms with Crippen molar-refractivity contribution in [1.82, 2.24) is 24.4 Å². The first-order valence-electron chi connectivity index (χ1n) is 13.8. The van der Waals surface area contributed by atoms with Crippen molar-refractivity contribution in [2.75, 3.05) is 62.8 Å². The third-order valence-electron chi connectivity index (χ3n) is 7.97. The summed E-state index contributed by atoms with van der Waals surface area (Å²) in [5.41, 5.74) is 1.92. The molecule has 0 aliphatic carbocycles. The molecule has 3 fully saturated rings. The van der Waals surface area contributed by atoms with Gasteiger partial charge in [-0.1, -0.05) is 18.7 Å². The van der Waals surface area contributed by atoms with Crippen molar-refractivity contribution in [2.45, 2.75) is 38.2 Å². The fourth-order valence-corrected chi connectivity index (χ4v) is 5.90. The van der Waals surface area contributed by atoms with Crippen molar-refractivity contribution in [2.24, 2.45) is 5.92 Å². The van der Waals surface area contributed by atoms with E-state index in [1.165, 1.54) is 4.57 Å². The van der Waals surface area contributed by atoms with E-state index in [4.69, 9.17) is 19.4 Å². The van der Waals surface area contributed by atoms with Crippen LogP contribution in [0.25, 0.3) is 16.9 Å². The van der Waals surface area contributed by atoms with Crippen molar-refractivity contribution in [3.63, 3.8) is 0 Å². The molecule has 0 radical (unpaired) electrons. The van der Waals surface area contributed by atoms with Gasteiger partial charge in [0, 0.05) is 56.6 Å². The van der Waals surface area contributed by atoms with Gasteiger partial charge in [0.2, 0.25) is 5.95 Å². The Morgan fingerprint density at radius 1 is 0.949 bits per heavy atom. The number of ether oxygens (including phenoxy) is 2. The van der Waals surface area contributed by atoms with E-state index in [-0.39, 0.29) is 11.7 Å². The molecule has 39 heavy (non-hydrogen) atoms. The number of alkyl halides is 2. The molecule has 208 valence electrons. The van der Waals surface area contributed by atoms with Crippen LogP contribution in [0.1, 0.15) is 37.9 Å². The molecule has 0 unspecified atom stereocenters. The summed E-state index contributed by atoms with van der Waals surface area (Å²) in [4.78, 5) is 18.4. The summed E-state index contributed by atoms with van der Waals surface area (Å²) in [6.45, 7) is 10.5. The number of hydrogen-bond acceptors (Lipinski definition) is 8. The molecule has 2 aromatic heterocycles. The van der Waals surface area contributed by atoms with E-state index in [2.05, 4.69) is 26.7 Å². The van der Waals surface area contributed by atoms with Gasteiger partial charge in [-0.15, -0.1) is 0 Å². The number of benzene rings is 1. The Hall–Kier alpha value is -3.15. The Morgan fingerprint density at radius 3 is 2.49 bits per heavy atom. The zero-order chi connectivity index (χ0) is 26.8. The highest BCUT2D eigenvalue weighted by molar-refractivity contribution is 5.78. The quantitative estimate of drug-likeness (QED) is 0.473. The Morgan fingerprint density at radius 2 is 1.69 bits per heavy atom. The van der Waals surface area contributed by atoms with E-state index < -0.39 is 6.43 Å². The summed E-state index contributed by atoms with van der Waals surface area (Å²) in [6.07, 6.45) is 1.49. The molecule has 0 amide bonds. The molecule has 5 heterocycles. The van der Waals surface area contributed by atoms with Crippen LogP contribution >= 0.6 is 0 Å². The minimum absolute atomic E-state index is 0.242. The molecule has 6 rings (SSSR count). The summed E-state index contributed by atoms with van der Waals surface area (Å²) in [7, 11) is 0. The molecule has 0 spiro atoms. The standard InChI is InChI=1S/C28H35F2N7O2/c1-19(20-5-4-10-36(18-20)21-8-13-38-14-9-21)31-28-33-24(35-11-15-39-16-12-35)17-25(34-28)37-23-7-3-2-6-22(23)32-27(37)26(29)30/h2-3,6-7,17,20-21,26H,1,4-5,8-16,18H2,(H,31,33,34)/t20-/m0/s1. The Balaban J connectivity index is 1.31. The minimum Gasteiger partial charge on any atom is -0.381 e. The Kier molecular flexibility index (Phi) is 7.71. The Bertz CT molecular complexity index is 1300. The summed E-state index contributed by atoms with van der Waals surface area (Å²) < 4.78 is 40.8. The lowest BCUT2D eigenvalue weighted by atomic mass is 9.92. The van der Waals surface area contributed by atoms with Gasteiger partial charge in [-0.3, -0.25) is 9.47 Å². The normalized spacial score (nSPS) is 21.5. The smallest absolute Gasteiger partial charge is 0.296 e. The summed E-state index contributed by atoms with van der Waals surface area (Å²) >= 11 is 0. The number of nitrogens with zero attached hydrogens (tertiary/aromatic N) is 6. The van der Waals surface area contributed by atoms with Crippen LogP contribution in [0.15, 0.2) is 42.6 Å². The van der Waals surface area contributed by atoms with Crippen molar-refractivity contribution >= 4 is 22.8 Å². The van der Waals surface area contributed by atoms with Crippen LogP contribution in [0.4, 0.5) is 20.5 Å². The zero-order valence-electron chi connectivity index (χ0n) is 22.1. The van der Waals surface area contributed by atoms with Crippen LogP contribution in [0.3, 0.4) is 0 Å². The molecule has 1 aromatic carbocycles. The van der Waals surface area contributed by atoms with E-state index in [0.717, 1.165) is 57.7 Å². The highest BCUT2D eigenvalue weighted by Gasteiger charge is 2.29. The van der Waals surface area contributed by atoms with Crippen LogP contribution in [-0.2, 0) is 9.47 Å². The lowest BCUT2D eigenvalue weighted by Gasteiger charge is -2.40. The van der Waals surface area contributed by atoms with Gasteiger partial charge < -0.3 is 19.7 Å². The first-order chi connectivity index (χ1) is 19.1. The second-order valence-corrected chi connectivity index (χ2v) is 10.4. The van der Waals surface area contributed by atoms with E-state index >= 15 is 0 Å². The molecular formula is C28H35F2N7O2. The second kappa shape index (κ2) is 11.5. The number of aromatic nitrogens is 4. The molecule has 3 aliphatic heterocycles. The average Bonchev–Trinajstić information content (AvgIpc) is 3.38. The number of fused-ring (bicyclic) bond motifs is 1. The lowest BCUT2D eigenvalue weighted by Crippen LogP contribution is -2.45. The third kappa shape index (κ3) is 5.61. The highest BCUT2D eigenvalue weighted by atomic mass is 19.3. The molecule has 3 saturated heterocycles. The SMILES string of the molecule is C=C(Nc1nc(N2CCOCC2)cc(-n2c(C(F)F)nc3ccccc32)n1)[C@H]1CCCN(C2CCOCC2)C1. The zero-order valence-corrected chi connectivity index (χ0v) is 22.1. The molecule has 0 saturated carbocycles. The molecule has 1 N–H and O–H groups in total. The lowest BCUT2D eigenvalue weighted by molar-refractivity contribution is 0.0210. The van der Waals surface area contributed by atoms with Gasteiger partial charge in [0.05, 0.1) is 24.2 Å². The van der Waals surface area contributed by atoms with Crippen LogP contribution in [-0.4, -0.2) is 83.1 Å². The summed E-state index contributed by atoms with van der Waals surface area (Å²) in [5, 5.41) is 3.37. The third-order valence-corrected chi connectivity index (χ3v) is 7.97. The highest BCUT2D eigenvalue weighted by Crippen LogP contribution is 2.31. The number of anilines is 2. The van der Waals surface area contributed by atoms with E-state index in [9.17, 15) is 8.78 Å². The average molecular weight is 540 g/mol. The van der Waals surface area contributed by atoms with Crippen LogP contribution in [0.5, 0.6) is 0 Å². The largest absolute Gasteiger partial charge is 0.381 e. The van der Waals surface area contributed by atoms with E-state index in [0.29, 0.717) is 61.0 Å². The van der Waals surface area contributed by atoms with E-state index in [1.807, 2.05) is 6.07 Å². The number of para-hydroxylation sites is 2. The number of halogens is 2. The van der Waals surface area contributed by atoms with Gasteiger partial charge >= 0.3 is 0 Å². The molecule has 3 aromatic rings. The number of hydrogen-bond donors (Lipinski definition) is 1. The molecular weight excluding hydrogens is 504 g/mol. The minimum atomic E-state index is -2.76. The van der Waals surface area contributed by atoms with Gasteiger partial charge in [0.15, 0.2) is 5.82 Å². The van der Waals surface area contributed by atoms with Crippen molar-refractivity contribution < 1.29 is 18.3 Å². The number of morpholine rings is 1. The maximum absolute atomic E-state index is 14.2. The molecule has 3 aliphatic rings. The summed E-state index contributed by atoms with van der Waals surface area (Å²) in [6, 6.07) is 9.42. The first kappa shape index (κ1) is 26.1. The van der Waals surface area contributed by atoms with Crippen molar-refractivity contribution in [3.05, 3.63) is 48.4 Å². The fourth-order valence-electron chi connectivity index (χ4n) is 5.90. The molecule has 11 heteroatoms. The Labute approximate surface area is 226 Å². The molecule has 9 nitrogen and oxygen atoms in total. The van der Waals surface area contributed by atoms with Crippen LogP contribution < -0.4 is 10.2 Å². The van der Waals surface area contributed by atoms with Crippen molar-refractivity contribution in [3.8, 4) is 5.82 Å². The van der Waals surface area contributed by atoms with Gasteiger partial charge in [0.25, 0.3) is 6.43 Å². The fraction of sp³-hybridized carbons (Fsp3) is 0.536. The van der Waals surface area contributed by atoms with Gasteiger partial charge in [-0.25, -0.2) is 13.8 Å². The first-order valence-corrected chi connectivity index (χ1v) is 13.8. The maximum Gasteiger partial charge on any atom is 0.296 e. The predicted octanol–water partition coefficient (Wildman–Crippen LogP) is 4.41. The number of nitrogens with one attached hydrogen (secondary N) is 1. The van der Waals surface area contributed by atoms with Gasteiger partial charge in [-0.05, 0) is 44.4 Å². The number of likely N-dealkylation sites (tertiary alicyclic amines) is 1. The monoisotopic (exact) mass is 539 g/mol. The predicted molar refractivity (Wildman–Crippen MR) is 146 cm³/mol. The second-order valence-electron chi connectivity index (χ2n) is 10.4. The topological polar surface area (TPSA) is 80.6 Å². The van der Waals surface area contributed by atoms with Crippen LogP contribution in [0, 0.1) is 5.92 Å². The molecule has 1 atom stereocenters. The van der Waals surface area contributed by atoms with Crippen molar-refractivity contribution in [1.29, 1.82) is 0 Å². The maximum atomic E-state index is 14.2. The van der Waals surface area contributed by atoms with Crippen LogP contribution in [0.2, 0.25) is 0 Å². The van der Waals surface area contributed by atoms with Gasteiger partial charge in [-0.2, -0.15) is 9.97 Å². The number of imidazole rings is 1. The summed E-state index contributed by atoms with van der Waals surface area (Å²) in [5.74, 6) is 1.25. The van der Waals surface area contributed by atoms with E-state index in [1.54, 1.807) is 24.3 Å². The molecule has 0 bridgehead atoms. The number of piperidine rings is 1. The number of rotatable bonds is 7. The van der Waals surface area contributed by atoms with Gasteiger partial charge in [0.1, 0.15) is 11.6 Å².